The van der Waals surface area contributed by atoms with Crippen LogP contribution in [0.4, 0.5) is 27.8 Å². The van der Waals surface area contributed by atoms with Gasteiger partial charge in [-0.25, -0.2) is 8.78 Å². The van der Waals surface area contributed by atoms with Crippen LogP contribution in [0.1, 0.15) is 63.7 Å². The van der Waals surface area contributed by atoms with Crippen LogP contribution in [-0.4, -0.2) is 49.0 Å². The van der Waals surface area contributed by atoms with E-state index in [1.807, 2.05) is 0 Å². The van der Waals surface area contributed by atoms with Crippen LogP contribution in [0.3, 0.4) is 0 Å². The van der Waals surface area contributed by atoms with Crippen LogP contribution in [0, 0.1) is 17.6 Å². The fourth-order valence-corrected chi connectivity index (χ4v) is 5.24. The van der Waals surface area contributed by atoms with Gasteiger partial charge in [0.15, 0.2) is 11.5 Å². The molecule has 1 aromatic carbocycles. The number of alkyl halides is 3. The third-order valence-electron chi connectivity index (χ3n) is 6.90. The summed E-state index contributed by atoms with van der Waals surface area (Å²) in [6.45, 7) is -1.66. The van der Waals surface area contributed by atoms with Crippen molar-refractivity contribution < 1.29 is 41.4 Å². The molecule has 1 amide bonds. The number of carbonyl (C=O) groups is 3. The van der Waals surface area contributed by atoms with Crippen molar-refractivity contribution in [3.63, 3.8) is 0 Å². The van der Waals surface area contributed by atoms with Crippen LogP contribution in [0.15, 0.2) is 41.8 Å². The highest BCUT2D eigenvalue weighted by Gasteiger charge is 2.43. The molecule has 1 aliphatic carbocycles. The van der Waals surface area contributed by atoms with Gasteiger partial charge in [0.2, 0.25) is 0 Å². The number of aromatic nitrogens is 3. The summed E-state index contributed by atoms with van der Waals surface area (Å²) in [6.07, 6.45) is -2.97. The monoisotopic (exact) mass is 625 g/mol. The van der Waals surface area contributed by atoms with Crippen LogP contribution in [-0.2, 0) is 17.5 Å². The second-order valence-corrected chi connectivity index (χ2v) is 10.1. The Hall–Kier alpha value is -4.56. The van der Waals surface area contributed by atoms with Gasteiger partial charge in [-0.3, -0.25) is 24.0 Å². The lowest BCUT2D eigenvalue weighted by Crippen LogP contribution is -2.37. The van der Waals surface area contributed by atoms with Gasteiger partial charge < -0.3 is 10.0 Å². The van der Waals surface area contributed by atoms with Crippen molar-refractivity contribution in [2.45, 2.75) is 44.4 Å². The average Bonchev–Trinajstić information content (AvgIpc) is 3.38. The topological polar surface area (TPSA) is 154 Å². The molecule has 226 valence electrons. The molecular formula is C26H21ClF5N7O4. The lowest BCUT2D eigenvalue weighted by atomic mass is 9.86. The Morgan fingerprint density at radius 2 is 1.79 bits per heavy atom. The van der Waals surface area contributed by atoms with Crippen LogP contribution < -0.4 is 0 Å². The van der Waals surface area contributed by atoms with E-state index in [0.717, 1.165) is 18.3 Å². The molecule has 2 aromatic heterocycles. The first-order valence-electron chi connectivity index (χ1n) is 12.6. The molecule has 0 aliphatic heterocycles. The number of hydrogen-bond donors (Lipinski definition) is 1. The summed E-state index contributed by atoms with van der Waals surface area (Å²) in [5.41, 5.74) is 5.86. The Kier molecular flexibility index (Phi) is 9.30. The maximum absolute atomic E-state index is 14.4. The maximum atomic E-state index is 14.4. The number of amides is 1. The van der Waals surface area contributed by atoms with Crippen LogP contribution in [0.2, 0.25) is 5.02 Å². The fraction of sp³-hybridized carbons (Fsp3) is 0.346. The van der Waals surface area contributed by atoms with Gasteiger partial charge in [-0.2, -0.15) is 18.3 Å². The maximum Gasteiger partial charge on any atom is 0.433 e. The molecule has 0 unspecified atom stereocenters. The first kappa shape index (κ1) is 31.4. The molecule has 4 rings (SSSR count). The van der Waals surface area contributed by atoms with E-state index in [4.69, 9.17) is 17.1 Å². The molecule has 0 bridgehead atoms. The molecule has 0 radical (unpaired) electrons. The van der Waals surface area contributed by atoms with Crippen molar-refractivity contribution in [1.29, 1.82) is 0 Å². The largest absolute Gasteiger partial charge is 0.481 e. The van der Waals surface area contributed by atoms with E-state index in [1.54, 1.807) is 0 Å². The van der Waals surface area contributed by atoms with E-state index in [9.17, 15) is 41.4 Å². The molecule has 1 N–H and O–H groups in total. The summed E-state index contributed by atoms with van der Waals surface area (Å²) < 4.78 is 71.8. The lowest BCUT2D eigenvalue weighted by molar-refractivity contribution is -0.147. The summed E-state index contributed by atoms with van der Waals surface area (Å²) in [4.78, 5) is 45.3. The van der Waals surface area contributed by atoms with Crippen molar-refractivity contribution in [1.82, 2.24) is 19.7 Å². The summed E-state index contributed by atoms with van der Waals surface area (Å²) in [7, 11) is 0. The summed E-state index contributed by atoms with van der Waals surface area (Å²) in [5, 5.41) is 16.1. The SMILES string of the molecule is [N-]=[N+]=Nc1nccc(Cl)c1C(=O)CN(Cc1cc(F)cc(F)c1)C(=O)c1cnn([C@H]2CC[C@H](C(=O)O)CC2)c1C(F)(F)F. The van der Waals surface area contributed by atoms with Gasteiger partial charge in [0.05, 0.1) is 40.9 Å². The Labute approximate surface area is 244 Å². The quantitative estimate of drug-likeness (QED) is 0.0940. The molecule has 3 aromatic rings. The van der Waals surface area contributed by atoms with E-state index in [-0.39, 0.29) is 36.3 Å². The highest BCUT2D eigenvalue weighted by molar-refractivity contribution is 6.34. The molecular weight excluding hydrogens is 605 g/mol. The van der Waals surface area contributed by atoms with E-state index in [0.29, 0.717) is 21.8 Å². The predicted octanol–water partition coefficient (Wildman–Crippen LogP) is 6.51. The van der Waals surface area contributed by atoms with Crippen molar-refractivity contribution >= 4 is 35.1 Å². The molecule has 1 aliphatic rings. The smallest absolute Gasteiger partial charge is 0.433 e. The molecule has 11 nitrogen and oxygen atoms in total. The number of benzene rings is 1. The van der Waals surface area contributed by atoms with Crippen LogP contribution in [0.25, 0.3) is 10.4 Å². The molecule has 1 fully saturated rings. The molecule has 0 spiro atoms. The molecule has 2 heterocycles. The number of ketones is 1. The second-order valence-electron chi connectivity index (χ2n) is 9.74. The number of hydrogen-bond acceptors (Lipinski definition) is 6. The average molecular weight is 626 g/mol. The number of rotatable bonds is 9. The van der Waals surface area contributed by atoms with E-state index in [1.165, 1.54) is 6.07 Å². The number of pyridine rings is 1. The zero-order chi connectivity index (χ0) is 31.5. The van der Waals surface area contributed by atoms with E-state index in [2.05, 4.69) is 20.1 Å². The zero-order valence-corrected chi connectivity index (χ0v) is 22.7. The number of carboxylic acids is 1. The van der Waals surface area contributed by atoms with Crippen molar-refractivity contribution in [3.8, 4) is 0 Å². The number of carbonyl (C=O) groups excluding carboxylic acids is 2. The van der Waals surface area contributed by atoms with Crippen molar-refractivity contribution in [2.75, 3.05) is 6.54 Å². The number of halogens is 6. The number of azide groups is 1. The summed E-state index contributed by atoms with van der Waals surface area (Å²) in [6, 6.07) is 2.55. The van der Waals surface area contributed by atoms with Gasteiger partial charge in [-0.1, -0.05) is 11.6 Å². The number of nitrogens with zero attached hydrogens (tertiary/aromatic N) is 7. The first-order valence-corrected chi connectivity index (χ1v) is 13.0. The Bertz CT molecular complexity index is 1600. The fourth-order valence-electron chi connectivity index (χ4n) is 4.99. The summed E-state index contributed by atoms with van der Waals surface area (Å²) >= 11 is 6.10. The lowest BCUT2D eigenvalue weighted by Gasteiger charge is -2.28. The van der Waals surface area contributed by atoms with E-state index >= 15 is 0 Å². The van der Waals surface area contributed by atoms with Crippen molar-refractivity contribution in [3.05, 3.63) is 86.1 Å². The minimum Gasteiger partial charge on any atom is -0.481 e. The highest BCUT2D eigenvalue weighted by Crippen LogP contribution is 2.39. The molecule has 43 heavy (non-hydrogen) atoms. The van der Waals surface area contributed by atoms with Gasteiger partial charge in [-0.15, -0.1) is 0 Å². The van der Waals surface area contributed by atoms with Gasteiger partial charge in [0.25, 0.3) is 5.91 Å². The Balaban J connectivity index is 1.75. The first-order chi connectivity index (χ1) is 20.3. The van der Waals surface area contributed by atoms with Crippen molar-refractivity contribution in [2.24, 2.45) is 11.0 Å². The Morgan fingerprint density at radius 1 is 1.14 bits per heavy atom. The molecule has 1 saturated carbocycles. The number of aliphatic carboxylic acids is 1. The third kappa shape index (κ3) is 7.09. The molecule has 0 saturated heterocycles. The van der Waals surface area contributed by atoms with Gasteiger partial charge in [0, 0.05) is 23.7 Å². The molecule has 17 heteroatoms. The van der Waals surface area contributed by atoms with Crippen LogP contribution >= 0.6 is 11.6 Å². The third-order valence-corrected chi connectivity index (χ3v) is 7.22. The van der Waals surface area contributed by atoms with Gasteiger partial charge in [0.1, 0.15) is 17.5 Å². The summed E-state index contributed by atoms with van der Waals surface area (Å²) in [5.74, 6) is -6.63. The minimum atomic E-state index is -5.10. The minimum absolute atomic E-state index is 0.0574. The zero-order valence-electron chi connectivity index (χ0n) is 21.9. The predicted molar refractivity (Wildman–Crippen MR) is 139 cm³/mol. The van der Waals surface area contributed by atoms with E-state index < -0.39 is 83.2 Å². The number of carboxylic acid groups (broad SMARTS) is 1. The highest BCUT2D eigenvalue weighted by atomic mass is 35.5. The number of Topliss-reactive ketones (excluding diaryl/α,β-unsaturated/α-hetero) is 1. The second kappa shape index (κ2) is 12.8. The Morgan fingerprint density at radius 3 is 2.37 bits per heavy atom. The van der Waals surface area contributed by atoms with Gasteiger partial charge >= 0.3 is 12.1 Å². The van der Waals surface area contributed by atoms with Gasteiger partial charge in [-0.05, 0) is 60.1 Å². The molecule has 0 atom stereocenters. The standard InChI is InChI=1S/C26H21ClF5N7O4/c27-19-5-6-34-23(36-37-33)21(19)20(40)12-38(11-13-7-15(28)9-16(29)8-13)24(41)18-10-35-39(22(18)26(30,31)32)17-3-1-14(2-4-17)25(42)43/h5-10,14,17H,1-4,11-12H2,(H,42,43)/t14-,17-. The van der Waals surface area contributed by atoms with Crippen LogP contribution in [0.5, 0.6) is 0 Å². The normalized spacial score (nSPS) is 16.8.